The lowest BCUT2D eigenvalue weighted by atomic mass is 9.81. The Bertz CT molecular complexity index is 817. The highest BCUT2D eigenvalue weighted by Gasteiger charge is 2.43. The topological polar surface area (TPSA) is 77.7 Å². The lowest BCUT2D eigenvalue weighted by Gasteiger charge is -2.36. The molecule has 1 amide bonds. The second kappa shape index (κ2) is 8.73. The summed E-state index contributed by atoms with van der Waals surface area (Å²) in [5, 5.41) is 9.10. The molecule has 0 saturated heterocycles. The second-order valence-electron chi connectivity index (χ2n) is 8.22. The molecule has 0 radical (unpaired) electrons. The average Bonchev–Trinajstić information content (AvgIpc) is 3.42. The number of hydrogen-bond acceptors (Lipinski definition) is 3. The van der Waals surface area contributed by atoms with E-state index in [2.05, 4.69) is 0 Å². The van der Waals surface area contributed by atoms with E-state index in [0.29, 0.717) is 44.8 Å². The predicted molar refractivity (Wildman–Crippen MR) is 102 cm³/mol. The number of aldehydes is 1. The fraction of sp³-hybridized carbons (Fsp3) is 0.619. The molecule has 3 rings (SSSR count). The van der Waals surface area contributed by atoms with Gasteiger partial charge in [0.2, 0.25) is 6.20 Å². The number of carbonyl (C=O) groups excluding carboxylic acids is 2. The van der Waals surface area contributed by atoms with E-state index in [9.17, 15) is 27.6 Å². The van der Waals surface area contributed by atoms with Gasteiger partial charge in [0.05, 0.1) is 18.4 Å². The molecular formula is C21H26F3N2O4+. The van der Waals surface area contributed by atoms with Crippen LogP contribution < -0.4 is 0 Å². The standard InChI is InChI=1S/C21H25F3N2O4/c1-13(21(22,23)24)17(19(28)26(9-10-27)16-3-2-4-16)11-25-12-18(25)14-5-7-15(8-6-14)20(29)30/h10-12,14-16H,2-9H2,1H3/p+1. The van der Waals surface area contributed by atoms with Gasteiger partial charge in [0.15, 0.2) is 6.21 Å². The molecule has 0 bridgehead atoms. The maximum Gasteiger partial charge on any atom is 0.413 e. The zero-order chi connectivity index (χ0) is 22.1. The molecule has 1 heterocycles. The summed E-state index contributed by atoms with van der Waals surface area (Å²) in [5.41, 5.74) is -0.622. The van der Waals surface area contributed by atoms with E-state index in [1.807, 2.05) is 0 Å². The molecule has 1 N–H and O–H groups in total. The van der Waals surface area contributed by atoms with Gasteiger partial charge in [-0.1, -0.05) is 0 Å². The van der Waals surface area contributed by atoms with Gasteiger partial charge in [0.1, 0.15) is 11.9 Å². The second-order valence-corrected chi connectivity index (χ2v) is 8.22. The molecule has 0 aromatic carbocycles. The number of alkyl halides is 3. The third-order valence-electron chi connectivity index (χ3n) is 6.37. The summed E-state index contributed by atoms with van der Waals surface area (Å²) in [7, 11) is 0. The number of rotatable bonds is 7. The number of aliphatic carboxylic acids is 1. The summed E-state index contributed by atoms with van der Waals surface area (Å²) in [4.78, 5) is 36.3. The van der Waals surface area contributed by atoms with Crippen LogP contribution in [0.1, 0.15) is 51.9 Å². The van der Waals surface area contributed by atoms with Gasteiger partial charge in [0, 0.05) is 11.6 Å². The van der Waals surface area contributed by atoms with Crippen LogP contribution in [0.25, 0.3) is 0 Å². The van der Waals surface area contributed by atoms with Crippen LogP contribution in [0.2, 0.25) is 0 Å². The third kappa shape index (κ3) is 4.82. The third-order valence-corrected chi connectivity index (χ3v) is 6.37. The summed E-state index contributed by atoms with van der Waals surface area (Å²) in [6, 6.07) is -0.208. The number of hydrogen-bond donors (Lipinski definition) is 1. The maximum absolute atomic E-state index is 13.4. The zero-order valence-corrected chi connectivity index (χ0v) is 16.8. The van der Waals surface area contributed by atoms with Crippen LogP contribution in [-0.4, -0.2) is 57.7 Å². The Morgan fingerprint density at radius 1 is 1.20 bits per heavy atom. The molecule has 0 spiro atoms. The van der Waals surface area contributed by atoms with Crippen LogP contribution in [-0.2, 0) is 14.4 Å². The minimum Gasteiger partial charge on any atom is -0.481 e. The van der Waals surface area contributed by atoms with Gasteiger partial charge in [-0.2, -0.15) is 17.7 Å². The average molecular weight is 427 g/mol. The summed E-state index contributed by atoms with van der Waals surface area (Å²) in [5.74, 6) is -1.89. The molecule has 0 aromatic heterocycles. The summed E-state index contributed by atoms with van der Waals surface area (Å²) < 4.78 is 41.8. The molecule has 0 unspecified atom stereocenters. The number of carboxylic acid groups (broad SMARTS) is 1. The van der Waals surface area contributed by atoms with Crippen LogP contribution in [0.3, 0.4) is 0 Å². The van der Waals surface area contributed by atoms with Crippen molar-refractivity contribution in [2.24, 2.45) is 11.8 Å². The molecule has 2 saturated carbocycles. The predicted octanol–water partition coefficient (Wildman–Crippen LogP) is 3.27. The Hall–Kier alpha value is -2.45. The van der Waals surface area contributed by atoms with E-state index >= 15 is 0 Å². The smallest absolute Gasteiger partial charge is 0.413 e. The minimum atomic E-state index is -4.66. The Balaban J connectivity index is 1.79. The first-order valence-electron chi connectivity index (χ1n) is 10.2. The number of halogens is 3. The van der Waals surface area contributed by atoms with Crippen LogP contribution in [0, 0.1) is 11.8 Å². The van der Waals surface area contributed by atoms with Crippen molar-refractivity contribution in [2.45, 2.75) is 64.1 Å². The van der Waals surface area contributed by atoms with Gasteiger partial charge in [-0.15, -0.1) is 0 Å². The van der Waals surface area contributed by atoms with Gasteiger partial charge in [-0.3, -0.25) is 9.59 Å². The fourth-order valence-electron chi connectivity index (χ4n) is 4.11. The monoisotopic (exact) mass is 427 g/mol. The number of nitrogens with zero attached hydrogens (tertiary/aromatic N) is 2. The fourth-order valence-corrected chi connectivity index (χ4v) is 4.11. The first kappa shape index (κ1) is 22.2. The Labute approximate surface area is 172 Å². The van der Waals surface area contributed by atoms with Crippen LogP contribution in [0.15, 0.2) is 23.0 Å². The van der Waals surface area contributed by atoms with E-state index < -0.39 is 29.2 Å². The van der Waals surface area contributed by atoms with Crippen LogP contribution in [0.4, 0.5) is 13.2 Å². The van der Waals surface area contributed by atoms with Crippen molar-refractivity contribution >= 4 is 24.4 Å². The van der Waals surface area contributed by atoms with Crippen molar-refractivity contribution in [3.05, 3.63) is 23.0 Å². The Morgan fingerprint density at radius 3 is 2.30 bits per heavy atom. The van der Waals surface area contributed by atoms with E-state index in [0.717, 1.165) is 19.0 Å². The first-order valence-corrected chi connectivity index (χ1v) is 10.2. The molecule has 0 aromatic rings. The largest absolute Gasteiger partial charge is 0.481 e. The Kier molecular flexibility index (Phi) is 6.47. The van der Waals surface area contributed by atoms with E-state index in [1.54, 1.807) is 6.20 Å². The van der Waals surface area contributed by atoms with Crippen molar-refractivity contribution in [1.82, 2.24) is 4.90 Å². The quantitative estimate of drug-likeness (QED) is 0.384. The highest BCUT2D eigenvalue weighted by atomic mass is 19.4. The molecule has 2 fully saturated rings. The zero-order valence-electron chi connectivity index (χ0n) is 16.8. The van der Waals surface area contributed by atoms with Gasteiger partial charge in [0.25, 0.3) is 11.6 Å². The lowest BCUT2D eigenvalue weighted by molar-refractivity contribution is -0.311. The summed E-state index contributed by atoms with van der Waals surface area (Å²) in [6.45, 7) is 0.649. The number of carboxylic acids is 1. The summed E-state index contributed by atoms with van der Waals surface area (Å²) >= 11 is 0. The highest BCUT2D eigenvalue weighted by Crippen LogP contribution is 2.38. The molecule has 0 atom stereocenters. The lowest BCUT2D eigenvalue weighted by Crippen LogP contribution is -2.46. The van der Waals surface area contributed by atoms with Crippen molar-refractivity contribution in [3.63, 3.8) is 0 Å². The summed E-state index contributed by atoms with van der Waals surface area (Å²) in [6.07, 6.45) is 3.38. The van der Waals surface area contributed by atoms with Gasteiger partial charge in [-0.25, -0.2) is 0 Å². The van der Waals surface area contributed by atoms with Gasteiger partial charge >= 0.3 is 12.1 Å². The molecule has 164 valence electrons. The van der Waals surface area contributed by atoms with Gasteiger partial charge < -0.3 is 14.8 Å². The normalized spacial score (nSPS) is 26.4. The van der Waals surface area contributed by atoms with Crippen LogP contribution in [0.5, 0.6) is 0 Å². The van der Waals surface area contributed by atoms with Gasteiger partial charge in [-0.05, 0) is 51.9 Å². The number of amides is 1. The highest BCUT2D eigenvalue weighted by molar-refractivity contribution is 6.12. The molecule has 2 aliphatic carbocycles. The Morgan fingerprint density at radius 2 is 1.83 bits per heavy atom. The first-order chi connectivity index (χ1) is 14.1. The number of allylic oxidation sites excluding steroid dienone is 2. The SMILES string of the molecule is CC(=C(C=[N+]1C=C1C1CCC(C(=O)O)CC1)C(=O)N(CC=O)C1CCC1)C(F)(F)F. The molecule has 30 heavy (non-hydrogen) atoms. The molecule has 3 aliphatic rings. The van der Waals surface area contributed by atoms with Crippen molar-refractivity contribution in [2.75, 3.05) is 6.54 Å². The number of carbonyl (C=O) groups is 3. The van der Waals surface area contributed by atoms with Crippen LogP contribution >= 0.6 is 0 Å². The molecule has 1 aliphatic heterocycles. The van der Waals surface area contributed by atoms with E-state index in [-0.39, 0.29) is 24.4 Å². The molecular weight excluding hydrogens is 401 g/mol. The van der Waals surface area contributed by atoms with E-state index in [4.69, 9.17) is 5.11 Å². The van der Waals surface area contributed by atoms with E-state index in [1.165, 1.54) is 15.7 Å². The van der Waals surface area contributed by atoms with Crippen molar-refractivity contribution < 1.29 is 37.2 Å². The van der Waals surface area contributed by atoms with Crippen molar-refractivity contribution in [3.8, 4) is 0 Å². The minimum absolute atomic E-state index is 0.0807. The molecule has 6 nitrogen and oxygen atoms in total. The maximum atomic E-state index is 13.4. The van der Waals surface area contributed by atoms with Crippen molar-refractivity contribution in [1.29, 1.82) is 0 Å². The molecule has 9 heteroatoms.